The topological polar surface area (TPSA) is 74.6 Å². The predicted molar refractivity (Wildman–Crippen MR) is 62.0 cm³/mol. The number of aliphatic carboxylic acids is 1. The molecule has 0 spiro atoms. The Morgan fingerprint density at radius 2 is 1.65 bits per heavy atom. The average molecular weight is 230 g/mol. The summed E-state index contributed by atoms with van der Waals surface area (Å²) in [4.78, 5) is 21.7. The standard InChI is InChI=1S/C13H10O4/c14-11-6-5-8(7-12(15)13(16)17)9-3-1-2-4-10(9)11/h1-6,14H,7H2,(H,16,17). The van der Waals surface area contributed by atoms with Crippen LogP contribution in [-0.4, -0.2) is 22.0 Å². The normalized spacial score (nSPS) is 10.4. The van der Waals surface area contributed by atoms with E-state index in [4.69, 9.17) is 5.11 Å². The molecule has 2 N–H and O–H groups in total. The molecule has 0 aliphatic heterocycles. The number of fused-ring (bicyclic) bond motifs is 1. The molecular formula is C13H10O4. The molecular weight excluding hydrogens is 220 g/mol. The van der Waals surface area contributed by atoms with Gasteiger partial charge < -0.3 is 10.2 Å². The molecule has 0 bridgehead atoms. The fourth-order valence-electron chi connectivity index (χ4n) is 1.75. The van der Waals surface area contributed by atoms with E-state index in [1.807, 2.05) is 0 Å². The third-order valence-electron chi connectivity index (χ3n) is 2.58. The van der Waals surface area contributed by atoms with Crippen LogP contribution >= 0.6 is 0 Å². The highest BCUT2D eigenvalue weighted by molar-refractivity contribution is 6.33. The van der Waals surface area contributed by atoms with Gasteiger partial charge in [0.15, 0.2) is 0 Å². The minimum absolute atomic E-state index is 0.118. The van der Waals surface area contributed by atoms with Gasteiger partial charge in [-0.2, -0.15) is 0 Å². The van der Waals surface area contributed by atoms with Crippen LogP contribution < -0.4 is 0 Å². The molecule has 0 saturated heterocycles. The number of hydrogen-bond donors (Lipinski definition) is 2. The summed E-state index contributed by atoms with van der Waals surface area (Å²) in [6, 6.07) is 10.0. The lowest BCUT2D eigenvalue weighted by molar-refractivity contribution is -0.148. The second-order valence-corrected chi connectivity index (χ2v) is 3.69. The molecule has 0 saturated carbocycles. The van der Waals surface area contributed by atoms with E-state index in [9.17, 15) is 14.7 Å². The van der Waals surface area contributed by atoms with Gasteiger partial charge in [-0.05, 0) is 17.0 Å². The summed E-state index contributed by atoms with van der Waals surface area (Å²) in [6.07, 6.45) is -0.171. The monoisotopic (exact) mass is 230 g/mol. The molecule has 2 rings (SSSR count). The third kappa shape index (κ3) is 2.10. The largest absolute Gasteiger partial charge is 0.507 e. The summed E-state index contributed by atoms with van der Waals surface area (Å²) in [6.45, 7) is 0. The van der Waals surface area contributed by atoms with E-state index in [1.165, 1.54) is 6.07 Å². The van der Waals surface area contributed by atoms with Crippen LogP contribution in [0.1, 0.15) is 5.56 Å². The third-order valence-corrected chi connectivity index (χ3v) is 2.58. The van der Waals surface area contributed by atoms with Crippen molar-refractivity contribution >= 4 is 22.5 Å². The second-order valence-electron chi connectivity index (χ2n) is 3.69. The summed E-state index contributed by atoms with van der Waals surface area (Å²) in [5.74, 6) is -2.19. The molecule has 17 heavy (non-hydrogen) atoms. The highest BCUT2D eigenvalue weighted by atomic mass is 16.4. The molecule has 0 amide bonds. The molecule has 0 unspecified atom stereocenters. The molecule has 0 aliphatic rings. The van der Waals surface area contributed by atoms with E-state index in [1.54, 1.807) is 30.3 Å². The Morgan fingerprint density at radius 1 is 1.00 bits per heavy atom. The zero-order valence-electron chi connectivity index (χ0n) is 8.88. The van der Waals surface area contributed by atoms with Crippen LogP contribution in [0.4, 0.5) is 0 Å². The first-order valence-electron chi connectivity index (χ1n) is 5.05. The molecule has 0 aromatic heterocycles. The van der Waals surface area contributed by atoms with Crippen molar-refractivity contribution in [2.75, 3.05) is 0 Å². The summed E-state index contributed by atoms with van der Waals surface area (Å²) in [7, 11) is 0. The Morgan fingerprint density at radius 3 is 2.29 bits per heavy atom. The number of ketones is 1. The summed E-state index contributed by atoms with van der Waals surface area (Å²) >= 11 is 0. The number of carbonyl (C=O) groups is 2. The maximum Gasteiger partial charge on any atom is 0.372 e. The number of carboxylic acids is 1. The highest BCUT2D eigenvalue weighted by Gasteiger charge is 2.14. The maximum atomic E-state index is 11.2. The van der Waals surface area contributed by atoms with E-state index in [0.717, 1.165) is 0 Å². The quantitative estimate of drug-likeness (QED) is 0.787. The Bertz CT molecular complexity index is 601. The minimum Gasteiger partial charge on any atom is -0.507 e. The van der Waals surface area contributed by atoms with Crippen LogP contribution in [0.25, 0.3) is 10.8 Å². The van der Waals surface area contributed by atoms with Crippen LogP contribution in [0.3, 0.4) is 0 Å². The van der Waals surface area contributed by atoms with Crippen molar-refractivity contribution in [1.82, 2.24) is 0 Å². The number of hydrogen-bond acceptors (Lipinski definition) is 3. The Hall–Kier alpha value is -2.36. The van der Waals surface area contributed by atoms with Crippen LogP contribution in [-0.2, 0) is 16.0 Å². The molecule has 0 aliphatic carbocycles. The lowest BCUT2D eigenvalue weighted by atomic mass is 10.00. The summed E-state index contributed by atoms with van der Waals surface area (Å²) < 4.78 is 0. The zero-order valence-corrected chi connectivity index (χ0v) is 8.88. The van der Waals surface area contributed by atoms with Gasteiger partial charge in [-0.15, -0.1) is 0 Å². The second kappa shape index (κ2) is 4.25. The number of carbonyl (C=O) groups excluding carboxylic acids is 1. The van der Waals surface area contributed by atoms with Crippen LogP contribution in [0.15, 0.2) is 36.4 Å². The van der Waals surface area contributed by atoms with E-state index in [-0.39, 0.29) is 12.2 Å². The number of rotatable bonds is 3. The van der Waals surface area contributed by atoms with Gasteiger partial charge in [0.2, 0.25) is 5.78 Å². The fraction of sp³-hybridized carbons (Fsp3) is 0.0769. The lowest BCUT2D eigenvalue weighted by Gasteiger charge is -2.06. The highest BCUT2D eigenvalue weighted by Crippen LogP contribution is 2.27. The first-order valence-corrected chi connectivity index (χ1v) is 5.05. The van der Waals surface area contributed by atoms with Crippen molar-refractivity contribution in [1.29, 1.82) is 0 Å². The molecule has 0 heterocycles. The van der Waals surface area contributed by atoms with E-state index in [0.29, 0.717) is 16.3 Å². The van der Waals surface area contributed by atoms with E-state index in [2.05, 4.69) is 0 Å². The molecule has 0 fully saturated rings. The van der Waals surface area contributed by atoms with Gasteiger partial charge in [-0.25, -0.2) is 4.79 Å². The first-order chi connectivity index (χ1) is 8.09. The number of Topliss-reactive ketones (excluding diaryl/α,β-unsaturated/α-hetero) is 1. The maximum absolute atomic E-state index is 11.2. The molecule has 86 valence electrons. The number of phenolic OH excluding ortho intramolecular Hbond substituents is 1. The molecule has 2 aromatic rings. The number of benzene rings is 2. The van der Waals surface area contributed by atoms with Crippen molar-refractivity contribution in [2.24, 2.45) is 0 Å². The number of carboxylic acid groups (broad SMARTS) is 1. The number of aromatic hydroxyl groups is 1. The predicted octanol–water partition coefficient (Wildman–Crippen LogP) is 1.74. The Balaban J connectivity index is 2.52. The van der Waals surface area contributed by atoms with Crippen molar-refractivity contribution in [3.8, 4) is 5.75 Å². The van der Waals surface area contributed by atoms with Crippen LogP contribution in [0, 0.1) is 0 Å². The molecule has 2 aromatic carbocycles. The molecule has 4 heteroatoms. The van der Waals surface area contributed by atoms with Gasteiger partial charge in [0.05, 0.1) is 0 Å². The Kier molecular flexibility index (Phi) is 2.78. The van der Waals surface area contributed by atoms with Crippen molar-refractivity contribution < 1.29 is 19.8 Å². The SMILES string of the molecule is O=C(O)C(=O)Cc1ccc(O)c2ccccc12. The average Bonchev–Trinajstić information content (AvgIpc) is 2.33. The van der Waals surface area contributed by atoms with Gasteiger partial charge in [0.25, 0.3) is 0 Å². The van der Waals surface area contributed by atoms with Crippen molar-refractivity contribution in [3.63, 3.8) is 0 Å². The van der Waals surface area contributed by atoms with E-state index < -0.39 is 11.8 Å². The van der Waals surface area contributed by atoms with Crippen LogP contribution in [0.5, 0.6) is 5.75 Å². The van der Waals surface area contributed by atoms with Crippen molar-refractivity contribution in [2.45, 2.75) is 6.42 Å². The molecule has 4 nitrogen and oxygen atoms in total. The van der Waals surface area contributed by atoms with Gasteiger partial charge in [-0.1, -0.05) is 30.3 Å². The summed E-state index contributed by atoms with van der Waals surface area (Å²) in [5, 5.41) is 19.5. The summed E-state index contributed by atoms with van der Waals surface area (Å²) in [5.41, 5.74) is 0.603. The van der Waals surface area contributed by atoms with Gasteiger partial charge >= 0.3 is 5.97 Å². The smallest absolute Gasteiger partial charge is 0.372 e. The number of phenols is 1. The zero-order chi connectivity index (χ0) is 12.4. The minimum atomic E-state index is -1.44. The Labute approximate surface area is 97.1 Å². The fourth-order valence-corrected chi connectivity index (χ4v) is 1.75. The lowest BCUT2D eigenvalue weighted by Crippen LogP contribution is -2.15. The molecule has 0 radical (unpaired) electrons. The van der Waals surface area contributed by atoms with E-state index >= 15 is 0 Å². The van der Waals surface area contributed by atoms with Crippen molar-refractivity contribution in [3.05, 3.63) is 42.0 Å². The molecule has 0 atom stereocenters. The van der Waals surface area contributed by atoms with Gasteiger partial charge in [0, 0.05) is 11.8 Å². The van der Waals surface area contributed by atoms with Gasteiger partial charge in [0.1, 0.15) is 5.75 Å². The van der Waals surface area contributed by atoms with Crippen LogP contribution in [0.2, 0.25) is 0 Å². The first kappa shape index (κ1) is 11.1. The van der Waals surface area contributed by atoms with Gasteiger partial charge in [-0.3, -0.25) is 4.79 Å².